The first kappa shape index (κ1) is 24.2. The van der Waals surface area contributed by atoms with Crippen molar-refractivity contribution in [2.75, 3.05) is 20.8 Å². The third-order valence-corrected chi connectivity index (χ3v) is 5.50. The molecule has 182 valence electrons. The Kier molecular flexibility index (Phi) is 7.26. The van der Waals surface area contributed by atoms with Gasteiger partial charge in [0.1, 0.15) is 24.3 Å². The number of rotatable bonds is 9. The minimum atomic E-state index is -0.708. The molecule has 1 aromatic heterocycles. The molecular formula is C26H25F2N3O4. The Bertz CT molecular complexity index is 1320. The molecule has 0 unspecified atom stereocenters. The van der Waals surface area contributed by atoms with Crippen LogP contribution in [-0.4, -0.2) is 42.6 Å². The van der Waals surface area contributed by atoms with Gasteiger partial charge < -0.3 is 19.5 Å². The summed E-state index contributed by atoms with van der Waals surface area (Å²) in [5, 5.41) is 8.02. The van der Waals surface area contributed by atoms with Crippen LogP contribution < -0.4 is 14.8 Å². The van der Waals surface area contributed by atoms with Crippen LogP contribution in [0.15, 0.2) is 66.9 Å². The summed E-state index contributed by atoms with van der Waals surface area (Å²) in [4.78, 5) is 12.1. The first-order valence-electron chi connectivity index (χ1n) is 10.9. The maximum atomic E-state index is 14.5. The van der Waals surface area contributed by atoms with Gasteiger partial charge in [-0.25, -0.2) is 13.5 Å². The first-order valence-corrected chi connectivity index (χ1v) is 10.9. The van der Waals surface area contributed by atoms with Crippen LogP contribution in [0.4, 0.5) is 8.78 Å². The Morgan fingerprint density at radius 2 is 1.83 bits per heavy atom. The second kappa shape index (κ2) is 10.5. The fourth-order valence-corrected chi connectivity index (χ4v) is 3.84. The van der Waals surface area contributed by atoms with Crippen molar-refractivity contribution in [3.05, 3.63) is 84.1 Å². The molecule has 2 atom stereocenters. The SMILES string of the molecule is COCC(=O)N[C@@H](C)[C@H](Oc1ccc2c(cnn2-c2ccc(F)cc2)c1)c1ccc(OC)c(F)c1. The summed E-state index contributed by atoms with van der Waals surface area (Å²) in [7, 11) is 2.82. The molecule has 0 radical (unpaired) electrons. The maximum Gasteiger partial charge on any atom is 0.246 e. The van der Waals surface area contributed by atoms with E-state index < -0.39 is 18.0 Å². The number of nitrogens with one attached hydrogen (secondary N) is 1. The lowest BCUT2D eigenvalue weighted by Crippen LogP contribution is -2.40. The molecule has 0 aliphatic carbocycles. The normalized spacial score (nSPS) is 12.8. The van der Waals surface area contributed by atoms with Crippen LogP contribution in [0.5, 0.6) is 11.5 Å². The van der Waals surface area contributed by atoms with E-state index in [2.05, 4.69) is 10.4 Å². The quantitative estimate of drug-likeness (QED) is 0.379. The van der Waals surface area contributed by atoms with Gasteiger partial charge in [-0.3, -0.25) is 4.79 Å². The lowest BCUT2D eigenvalue weighted by molar-refractivity contribution is -0.126. The Labute approximate surface area is 201 Å². The van der Waals surface area contributed by atoms with Crippen molar-refractivity contribution in [2.45, 2.75) is 19.1 Å². The topological polar surface area (TPSA) is 74.6 Å². The van der Waals surface area contributed by atoms with Crippen LogP contribution in [0, 0.1) is 11.6 Å². The smallest absolute Gasteiger partial charge is 0.246 e. The molecule has 3 aromatic carbocycles. The molecule has 1 amide bonds. The summed E-state index contributed by atoms with van der Waals surface area (Å²) < 4.78 is 45.6. The molecule has 4 rings (SSSR count). The number of fused-ring (bicyclic) bond motifs is 1. The van der Waals surface area contributed by atoms with E-state index in [4.69, 9.17) is 14.2 Å². The van der Waals surface area contributed by atoms with Crippen LogP contribution in [0.2, 0.25) is 0 Å². The summed E-state index contributed by atoms with van der Waals surface area (Å²) in [6.45, 7) is 1.66. The summed E-state index contributed by atoms with van der Waals surface area (Å²) in [6, 6.07) is 15.5. The fourth-order valence-electron chi connectivity index (χ4n) is 3.84. The minimum absolute atomic E-state index is 0.109. The summed E-state index contributed by atoms with van der Waals surface area (Å²) >= 11 is 0. The van der Waals surface area contributed by atoms with Gasteiger partial charge in [-0.05, 0) is 67.1 Å². The highest BCUT2D eigenvalue weighted by Gasteiger charge is 2.25. The zero-order valence-corrected chi connectivity index (χ0v) is 19.5. The number of ether oxygens (including phenoxy) is 3. The van der Waals surface area contributed by atoms with E-state index in [1.54, 1.807) is 48.1 Å². The predicted octanol–water partition coefficient (Wildman–Crippen LogP) is 4.58. The highest BCUT2D eigenvalue weighted by Crippen LogP contribution is 2.31. The fraction of sp³-hybridized carbons (Fsp3) is 0.231. The van der Waals surface area contributed by atoms with E-state index in [9.17, 15) is 13.6 Å². The van der Waals surface area contributed by atoms with Crippen molar-refractivity contribution in [1.29, 1.82) is 0 Å². The number of halogens is 2. The Hall–Kier alpha value is -3.98. The molecule has 35 heavy (non-hydrogen) atoms. The number of carbonyl (C=O) groups excluding carboxylic acids is 1. The van der Waals surface area contributed by atoms with Crippen molar-refractivity contribution in [3.63, 3.8) is 0 Å². The van der Waals surface area contributed by atoms with Crippen LogP contribution in [-0.2, 0) is 9.53 Å². The average molecular weight is 481 g/mol. The third kappa shape index (κ3) is 5.41. The number of methoxy groups -OCH3 is 2. The van der Waals surface area contributed by atoms with E-state index in [0.29, 0.717) is 11.3 Å². The number of hydrogen-bond donors (Lipinski definition) is 1. The standard InChI is InChI=1S/C26H25F2N3O4/c1-16(30-25(32)15-33-2)26(17-4-11-24(34-3)22(28)13-17)35-21-9-10-23-18(12-21)14-29-31(23)20-7-5-19(27)6-8-20/h4-14,16,26H,15H2,1-3H3,(H,30,32)/t16-,26-/m0/s1. The molecule has 0 aliphatic rings. The highest BCUT2D eigenvalue weighted by molar-refractivity contribution is 5.82. The van der Waals surface area contributed by atoms with Crippen molar-refractivity contribution >= 4 is 16.8 Å². The number of nitrogens with zero attached hydrogens (tertiary/aromatic N) is 2. The molecular weight excluding hydrogens is 456 g/mol. The first-order chi connectivity index (χ1) is 16.9. The van der Waals surface area contributed by atoms with E-state index in [1.807, 2.05) is 6.07 Å². The minimum Gasteiger partial charge on any atom is -0.494 e. The molecule has 1 N–H and O–H groups in total. The summed E-state index contributed by atoms with van der Waals surface area (Å²) in [5.74, 6) is -0.569. The van der Waals surface area contributed by atoms with Gasteiger partial charge in [0, 0.05) is 12.5 Å². The summed E-state index contributed by atoms with van der Waals surface area (Å²) in [5.41, 5.74) is 2.05. The van der Waals surface area contributed by atoms with Gasteiger partial charge in [0.05, 0.1) is 30.6 Å². The van der Waals surface area contributed by atoms with Crippen molar-refractivity contribution in [1.82, 2.24) is 15.1 Å². The Morgan fingerprint density at radius 1 is 1.06 bits per heavy atom. The van der Waals surface area contributed by atoms with E-state index in [-0.39, 0.29) is 24.1 Å². The van der Waals surface area contributed by atoms with Gasteiger partial charge in [0.25, 0.3) is 0 Å². The van der Waals surface area contributed by atoms with Gasteiger partial charge in [0.2, 0.25) is 5.91 Å². The van der Waals surface area contributed by atoms with Crippen LogP contribution in [0.25, 0.3) is 16.6 Å². The third-order valence-electron chi connectivity index (χ3n) is 5.50. The number of benzene rings is 3. The molecule has 0 spiro atoms. The van der Waals surface area contributed by atoms with Crippen LogP contribution >= 0.6 is 0 Å². The lowest BCUT2D eigenvalue weighted by Gasteiger charge is -2.27. The number of amides is 1. The Morgan fingerprint density at radius 3 is 2.51 bits per heavy atom. The molecule has 7 nitrogen and oxygen atoms in total. The van der Waals surface area contributed by atoms with Crippen LogP contribution in [0.1, 0.15) is 18.6 Å². The Balaban J connectivity index is 1.65. The largest absolute Gasteiger partial charge is 0.494 e. The molecule has 0 bridgehead atoms. The second-order valence-electron chi connectivity index (χ2n) is 7.98. The molecule has 0 fully saturated rings. The van der Waals surface area contributed by atoms with Gasteiger partial charge in [-0.2, -0.15) is 5.10 Å². The van der Waals surface area contributed by atoms with Crippen molar-refractivity contribution < 1.29 is 27.8 Å². The average Bonchev–Trinajstić information content (AvgIpc) is 3.26. The molecule has 1 heterocycles. The van der Waals surface area contributed by atoms with Gasteiger partial charge >= 0.3 is 0 Å². The van der Waals surface area contributed by atoms with Crippen molar-refractivity contribution in [3.8, 4) is 17.2 Å². The van der Waals surface area contributed by atoms with Gasteiger partial charge in [-0.15, -0.1) is 0 Å². The second-order valence-corrected chi connectivity index (χ2v) is 7.98. The number of carbonyl (C=O) groups is 1. The van der Waals surface area contributed by atoms with Crippen LogP contribution in [0.3, 0.4) is 0 Å². The summed E-state index contributed by atoms with van der Waals surface area (Å²) in [6.07, 6.45) is 0.970. The van der Waals surface area contributed by atoms with Crippen molar-refractivity contribution in [2.24, 2.45) is 0 Å². The number of hydrogen-bond acceptors (Lipinski definition) is 5. The predicted molar refractivity (Wildman–Crippen MR) is 127 cm³/mol. The van der Waals surface area contributed by atoms with E-state index >= 15 is 0 Å². The van der Waals surface area contributed by atoms with E-state index in [1.165, 1.54) is 38.5 Å². The number of aromatic nitrogens is 2. The lowest BCUT2D eigenvalue weighted by atomic mass is 10.0. The molecule has 0 aliphatic heterocycles. The molecule has 9 heteroatoms. The zero-order chi connectivity index (χ0) is 24.9. The highest BCUT2D eigenvalue weighted by atomic mass is 19.1. The van der Waals surface area contributed by atoms with Gasteiger partial charge in [-0.1, -0.05) is 6.07 Å². The van der Waals surface area contributed by atoms with Gasteiger partial charge in [0.15, 0.2) is 11.6 Å². The van der Waals surface area contributed by atoms with E-state index in [0.717, 1.165) is 16.6 Å². The molecule has 0 saturated heterocycles. The monoisotopic (exact) mass is 481 g/mol. The molecule has 4 aromatic rings. The zero-order valence-electron chi connectivity index (χ0n) is 19.5. The maximum absolute atomic E-state index is 14.5. The molecule has 0 saturated carbocycles.